The van der Waals surface area contributed by atoms with Crippen LogP contribution in [-0.2, 0) is 10.2 Å². The van der Waals surface area contributed by atoms with E-state index in [0.717, 1.165) is 12.1 Å². The first kappa shape index (κ1) is 11.7. The molecule has 0 amide bonds. The SMILES string of the molecule is CCNS(=O)(=O)Nc1ccc(O)c(F)c1. The van der Waals surface area contributed by atoms with E-state index in [9.17, 15) is 12.8 Å². The summed E-state index contributed by atoms with van der Waals surface area (Å²) in [4.78, 5) is 0. The van der Waals surface area contributed by atoms with Gasteiger partial charge in [0.15, 0.2) is 11.6 Å². The summed E-state index contributed by atoms with van der Waals surface area (Å²) in [5, 5.41) is 8.88. The molecule has 0 heterocycles. The molecule has 0 aliphatic heterocycles. The molecule has 1 aromatic rings. The molecule has 0 saturated carbocycles. The third-order valence-corrected chi connectivity index (χ3v) is 2.71. The maximum Gasteiger partial charge on any atom is 0.299 e. The molecular weight excluding hydrogens is 223 g/mol. The van der Waals surface area contributed by atoms with Crippen molar-refractivity contribution in [2.45, 2.75) is 6.92 Å². The molecule has 0 aliphatic rings. The highest BCUT2D eigenvalue weighted by Gasteiger charge is 2.09. The highest BCUT2D eigenvalue weighted by Crippen LogP contribution is 2.19. The number of hydrogen-bond acceptors (Lipinski definition) is 3. The van der Waals surface area contributed by atoms with Crippen molar-refractivity contribution in [2.24, 2.45) is 0 Å². The van der Waals surface area contributed by atoms with Gasteiger partial charge >= 0.3 is 0 Å². The Morgan fingerprint density at radius 3 is 2.67 bits per heavy atom. The molecule has 0 aliphatic carbocycles. The van der Waals surface area contributed by atoms with Gasteiger partial charge in [0.2, 0.25) is 0 Å². The van der Waals surface area contributed by atoms with E-state index in [4.69, 9.17) is 5.11 Å². The first-order valence-corrected chi connectivity index (χ1v) is 5.69. The Bertz CT molecular complexity index is 447. The first-order valence-electron chi connectivity index (χ1n) is 4.20. The zero-order valence-corrected chi connectivity index (χ0v) is 8.81. The number of phenolic OH excluding ortho intramolecular Hbond substituents is 1. The van der Waals surface area contributed by atoms with Gasteiger partial charge in [0, 0.05) is 12.6 Å². The second kappa shape index (κ2) is 4.45. The molecule has 5 nitrogen and oxygen atoms in total. The number of nitrogens with one attached hydrogen (secondary N) is 2. The lowest BCUT2D eigenvalue weighted by molar-refractivity contribution is 0.432. The predicted molar refractivity (Wildman–Crippen MR) is 54.3 cm³/mol. The van der Waals surface area contributed by atoms with Gasteiger partial charge in [-0.2, -0.15) is 13.1 Å². The van der Waals surface area contributed by atoms with Crippen molar-refractivity contribution in [3.8, 4) is 5.75 Å². The van der Waals surface area contributed by atoms with E-state index in [1.165, 1.54) is 6.07 Å². The average Bonchev–Trinajstić information content (AvgIpc) is 2.10. The molecule has 1 rings (SSSR count). The first-order chi connectivity index (χ1) is 6.94. The number of hydrogen-bond donors (Lipinski definition) is 3. The van der Waals surface area contributed by atoms with E-state index in [2.05, 4.69) is 9.44 Å². The van der Waals surface area contributed by atoms with Gasteiger partial charge in [0.05, 0.1) is 5.69 Å². The fourth-order valence-electron chi connectivity index (χ4n) is 0.952. The Morgan fingerprint density at radius 2 is 2.13 bits per heavy atom. The van der Waals surface area contributed by atoms with E-state index in [0.29, 0.717) is 0 Å². The van der Waals surface area contributed by atoms with Crippen LogP contribution < -0.4 is 9.44 Å². The predicted octanol–water partition coefficient (Wildman–Crippen LogP) is 0.797. The van der Waals surface area contributed by atoms with Crippen molar-refractivity contribution in [1.29, 1.82) is 0 Å². The molecule has 3 N–H and O–H groups in total. The average molecular weight is 234 g/mol. The summed E-state index contributed by atoms with van der Waals surface area (Å²) in [6, 6.07) is 3.22. The van der Waals surface area contributed by atoms with Crippen molar-refractivity contribution in [3.05, 3.63) is 24.0 Å². The quantitative estimate of drug-likeness (QED) is 0.674. The van der Waals surface area contributed by atoms with Crippen LogP contribution in [-0.4, -0.2) is 20.1 Å². The van der Waals surface area contributed by atoms with E-state index in [1.54, 1.807) is 6.92 Å². The Hall–Kier alpha value is -1.34. The second-order valence-electron chi connectivity index (χ2n) is 2.77. The fraction of sp³-hybridized carbons (Fsp3) is 0.250. The van der Waals surface area contributed by atoms with Gasteiger partial charge in [-0.05, 0) is 12.1 Å². The third-order valence-electron chi connectivity index (χ3n) is 1.53. The summed E-state index contributed by atoms with van der Waals surface area (Å²) < 4.78 is 39.5. The zero-order valence-electron chi connectivity index (χ0n) is 7.99. The lowest BCUT2D eigenvalue weighted by atomic mass is 10.3. The van der Waals surface area contributed by atoms with Crippen molar-refractivity contribution < 1.29 is 17.9 Å². The van der Waals surface area contributed by atoms with Gasteiger partial charge < -0.3 is 5.11 Å². The number of phenols is 1. The van der Waals surface area contributed by atoms with E-state index in [1.807, 2.05) is 0 Å². The lowest BCUT2D eigenvalue weighted by Gasteiger charge is -2.07. The van der Waals surface area contributed by atoms with Crippen LogP contribution in [0.2, 0.25) is 0 Å². The maximum absolute atomic E-state index is 12.8. The van der Waals surface area contributed by atoms with Gasteiger partial charge in [0.1, 0.15) is 0 Å². The highest BCUT2D eigenvalue weighted by molar-refractivity contribution is 7.90. The molecular formula is C8H11FN2O3S. The van der Waals surface area contributed by atoms with Gasteiger partial charge in [-0.1, -0.05) is 6.92 Å². The number of aromatic hydroxyl groups is 1. The molecule has 15 heavy (non-hydrogen) atoms. The molecule has 0 fully saturated rings. The second-order valence-corrected chi connectivity index (χ2v) is 4.27. The minimum Gasteiger partial charge on any atom is -0.505 e. The Morgan fingerprint density at radius 1 is 1.47 bits per heavy atom. The Balaban J connectivity index is 2.86. The van der Waals surface area contributed by atoms with Crippen LogP contribution in [0.15, 0.2) is 18.2 Å². The van der Waals surface area contributed by atoms with Gasteiger partial charge in [-0.15, -0.1) is 0 Å². The topological polar surface area (TPSA) is 78.4 Å². The summed E-state index contributed by atoms with van der Waals surface area (Å²) in [6.45, 7) is 1.85. The lowest BCUT2D eigenvalue weighted by Crippen LogP contribution is -2.29. The van der Waals surface area contributed by atoms with E-state index in [-0.39, 0.29) is 12.2 Å². The van der Waals surface area contributed by atoms with Crippen molar-refractivity contribution in [2.75, 3.05) is 11.3 Å². The van der Waals surface area contributed by atoms with Gasteiger partial charge in [-0.3, -0.25) is 4.72 Å². The van der Waals surface area contributed by atoms with E-state index < -0.39 is 21.8 Å². The van der Waals surface area contributed by atoms with Crippen molar-refractivity contribution in [1.82, 2.24) is 4.72 Å². The summed E-state index contributed by atoms with van der Waals surface area (Å²) >= 11 is 0. The summed E-state index contributed by atoms with van der Waals surface area (Å²) in [7, 11) is -3.66. The Labute approximate surface area is 87.1 Å². The van der Waals surface area contributed by atoms with E-state index >= 15 is 0 Å². The summed E-state index contributed by atoms with van der Waals surface area (Å²) in [6.07, 6.45) is 0. The monoisotopic (exact) mass is 234 g/mol. The number of halogens is 1. The third kappa shape index (κ3) is 3.37. The largest absolute Gasteiger partial charge is 0.505 e. The molecule has 7 heteroatoms. The standard InChI is InChI=1S/C8H11FN2O3S/c1-2-10-15(13,14)11-6-3-4-8(12)7(9)5-6/h3-5,10-12H,2H2,1H3. The van der Waals surface area contributed by atoms with Crippen LogP contribution in [0.3, 0.4) is 0 Å². The molecule has 0 saturated heterocycles. The van der Waals surface area contributed by atoms with Crippen molar-refractivity contribution >= 4 is 15.9 Å². The number of rotatable bonds is 4. The van der Waals surface area contributed by atoms with Crippen LogP contribution in [0.5, 0.6) is 5.75 Å². The molecule has 1 aromatic carbocycles. The van der Waals surface area contributed by atoms with Crippen LogP contribution in [0, 0.1) is 5.82 Å². The zero-order chi connectivity index (χ0) is 11.5. The molecule has 0 atom stereocenters. The molecule has 0 spiro atoms. The van der Waals surface area contributed by atoms with Crippen LogP contribution in [0.4, 0.5) is 10.1 Å². The maximum atomic E-state index is 12.8. The fourth-order valence-corrected chi connectivity index (χ4v) is 1.84. The molecule has 0 aromatic heterocycles. The number of anilines is 1. The van der Waals surface area contributed by atoms with Crippen LogP contribution in [0.25, 0.3) is 0 Å². The highest BCUT2D eigenvalue weighted by atomic mass is 32.2. The van der Waals surface area contributed by atoms with Gasteiger partial charge in [0.25, 0.3) is 10.2 Å². The molecule has 84 valence electrons. The number of benzene rings is 1. The molecule has 0 bridgehead atoms. The molecule has 0 unspecified atom stereocenters. The molecule has 0 radical (unpaired) electrons. The summed E-state index contributed by atoms with van der Waals surface area (Å²) in [5.74, 6) is -1.41. The van der Waals surface area contributed by atoms with Crippen LogP contribution >= 0.6 is 0 Å². The van der Waals surface area contributed by atoms with Crippen molar-refractivity contribution in [3.63, 3.8) is 0 Å². The summed E-state index contributed by atoms with van der Waals surface area (Å²) in [5.41, 5.74) is 0.0475. The van der Waals surface area contributed by atoms with Crippen LogP contribution in [0.1, 0.15) is 6.92 Å². The minimum absolute atomic E-state index is 0.0475. The normalized spacial score (nSPS) is 11.3. The van der Waals surface area contributed by atoms with Gasteiger partial charge in [-0.25, -0.2) is 4.39 Å². The smallest absolute Gasteiger partial charge is 0.299 e. The Kier molecular flexibility index (Phi) is 3.48. The minimum atomic E-state index is -3.66.